The number of methoxy groups -OCH3 is 1. The molecule has 8 heteroatoms. The van der Waals surface area contributed by atoms with Crippen LogP contribution in [0.15, 0.2) is 77.9 Å². The third kappa shape index (κ3) is 4.05. The second kappa shape index (κ2) is 8.84. The van der Waals surface area contributed by atoms with Gasteiger partial charge in [-0.2, -0.15) is 5.10 Å². The molecular weight excluding hydrogens is 456 g/mol. The molecule has 0 bridgehead atoms. The average Bonchev–Trinajstić information content (AvgIpc) is 3.39. The van der Waals surface area contributed by atoms with Crippen molar-refractivity contribution in [1.29, 1.82) is 0 Å². The number of ether oxygens (including phenoxy) is 1. The number of nitrogens with zero attached hydrogens (tertiary/aromatic N) is 3. The number of nitrogens with one attached hydrogen (secondary N) is 1. The van der Waals surface area contributed by atoms with Crippen LogP contribution in [0.1, 0.15) is 18.5 Å². The topological polar surface area (TPSA) is 66.8 Å². The summed E-state index contributed by atoms with van der Waals surface area (Å²) in [7, 11) is 1.63. The second-order valence-electron chi connectivity index (χ2n) is 7.71. The van der Waals surface area contributed by atoms with E-state index in [4.69, 9.17) is 21.4 Å². The Morgan fingerprint density at radius 3 is 2.64 bits per heavy atom. The Balaban J connectivity index is 1.53. The second-order valence-corrected chi connectivity index (χ2v) is 9.17. The molecule has 2 unspecified atom stereocenters. The highest BCUT2D eigenvalue weighted by molar-refractivity contribution is 7.22. The van der Waals surface area contributed by atoms with Crippen LogP contribution in [0.4, 0.5) is 10.8 Å². The van der Waals surface area contributed by atoms with Gasteiger partial charge in [0, 0.05) is 10.6 Å². The maximum atomic E-state index is 13.6. The summed E-state index contributed by atoms with van der Waals surface area (Å²) in [5, 5.41) is 10.9. The molecule has 1 aromatic heterocycles. The molecule has 6 nitrogen and oxygen atoms in total. The fourth-order valence-corrected chi connectivity index (χ4v) is 5.30. The Morgan fingerprint density at radius 2 is 1.85 bits per heavy atom. The van der Waals surface area contributed by atoms with E-state index in [2.05, 4.69) is 10.3 Å². The minimum atomic E-state index is -0.530. The molecule has 0 radical (unpaired) electrons. The Morgan fingerprint density at radius 1 is 1.09 bits per heavy atom. The number of anilines is 2. The largest absolute Gasteiger partial charge is 0.496 e. The van der Waals surface area contributed by atoms with Gasteiger partial charge in [-0.3, -0.25) is 9.80 Å². The van der Waals surface area contributed by atoms with E-state index in [1.165, 1.54) is 11.3 Å². The number of hydrogen-bond acceptors (Lipinski definition) is 6. The number of hydrazone groups is 1. The Labute approximate surface area is 200 Å². The van der Waals surface area contributed by atoms with E-state index in [9.17, 15) is 4.79 Å². The zero-order chi connectivity index (χ0) is 22.9. The lowest BCUT2D eigenvalue weighted by Gasteiger charge is -2.29. The van der Waals surface area contributed by atoms with Crippen molar-refractivity contribution >= 4 is 55.6 Å². The van der Waals surface area contributed by atoms with Crippen molar-refractivity contribution in [3.8, 4) is 5.75 Å². The van der Waals surface area contributed by atoms with Crippen LogP contribution in [0.2, 0.25) is 5.02 Å². The van der Waals surface area contributed by atoms with Crippen LogP contribution in [0.3, 0.4) is 0 Å². The highest BCUT2D eigenvalue weighted by atomic mass is 35.5. The summed E-state index contributed by atoms with van der Waals surface area (Å²) in [4.78, 5) is 18.2. The predicted octanol–water partition coefficient (Wildman–Crippen LogP) is 6.15. The smallest absolute Gasteiger partial charge is 0.237 e. The third-order valence-electron chi connectivity index (χ3n) is 5.64. The fraction of sp³-hybridized carbons (Fsp3) is 0.160. The van der Waals surface area contributed by atoms with Gasteiger partial charge < -0.3 is 10.1 Å². The zero-order valence-electron chi connectivity index (χ0n) is 18.0. The number of halogens is 1. The lowest BCUT2D eigenvalue weighted by Crippen LogP contribution is -2.34. The molecular formula is C25H21ClN4O2S. The van der Waals surface area contributed by atoms with Crippen molar-refractivity contribution in [1.82, 2.24) is 4.98 Å². The van der Waals surface area contributed by atoms with Gasteiger partial charge >= 0.3 is 0 Å². The summed E-state index contributed by atoms with van der Waals surface area (Å²) < 4.78 is 6.56. The number of para-hydroxylation sites is 2. The lowest BCUT2D eigenvalue weighted by atomic mass is 9.89. The molecule has 0 spiro atoms. The van der Waals surface area contributed by atoms with Gasteiger partial charge in [-0.1, -0.05) is 59.3 Å². The fourth-order valence-electron chi connectivity index (χ4n) is 4.15. The standard InChI is InChI=1S/C25H21ClN4O2S/c1-15-22(24(31)28-25-27-19-13-12-16(26)14-21(19)33-25)23(18-10-6-7-11-20(18)32-2)30(29-15)17-8-4-3-5-9-17/h3-14,22-23H,1-2H3,(H,27,28,31). The molecule has 166 valence electrons. The van der Waals surface area contributed by atoms with Gasteiger partial charge in [0.25, 0.3) is 0 Å². The van der Waals surface area contributed by atoms with Gasteiger partial charge in [-0.05, 0) is 43.3 Å². The monoisotopic (exact) mass is 476 g/mol. The van der Waals surface area contributed by atoms with Crippen molar-refractivity contribution in [3.05, 3.63) is 83.4 Å². The van der Waals surface area contributed by atoms with Crippen LogP contribution in [0.5, 0.6) is 5.75 Å². The summed E-state index contributed by atoms with van der Waals surface area (Å²) in [6.07, 6.45) is 0. The average molecular weight is 477 g/mol. The van der Waals surface area contributed by atoms with E-state index in [-0.39, 0.29) is 11.9 Å². The SMILES string of the molecule is COc1ccccc1C1C(C(=O)Nc2nc3ccc(Cl)cc3s2)C(C)=NN1c1ccccc1. The Bertz CT molecular complexity index is 1360. The first kappa shape index (κ1) is 21.4. The van der Waals surface area contributed by atoms with Crippen molar-refractivity contribution in [3.63, 3.8) is 0 Å². The van der Waals surface area contributed by atoms with E-state index in [0.717, 1.165) is 27.2 Å². The van der Waals surface area contributed by atoms with Crippen LogP contribution in [0.25, 0.3) is 10.2 Å². The highest BCUT2D eigenvalue weighted by Crippen LogP contribution is 2.43. The van der Waals surface area contributed by atoms with Crippen molar-refractivity contribution in [2.45, 2.75) is 13.0 Å². The summed E-state index contributed by atoms with van der Waals surface area (Å²) in [6.45, 7) is 1.88. The van der Waals surface area contributed by atoms with Crippen molar-refractivity contribution < 1.29 is 9.53 Å². The van der Waals surface area contributed by atoms with E-state index in [1.54, 1.807) is 13.2 Å². The number of thiazole rings is 1. The van der Waals surface area contributed by atoms with Crippen LogP contribution in [-0.4, -0.2) is 23.7 Å². The number of amides is 1. The maximum Gasteiger partial charge on any atom is 0.237 e. The molecule has 0 fully saturated rings. The molecule has 1 aliphatic rings. The van der Waals surface area contributed by atoms with E-state index >= 15 is 0 Å². The Kier molecular flexibility index (Phi) is 5.74. The van der Waals surface area contributed by atoms with E-state index < -0.39 is 5.92 Å². The summed E-state index contributed by atoms with van der Waals surface area (Å²) in [6, 6.07) is 22.7. The van der Waals surface area contributed by atoms with Gasteiger partial charge in [0.1, 0.15) is 11.7 Å². The molecule has 4 aromatic rings. The minimum Gasteiger partial charge on any atom is -0.496 e. The first-order valence-corrected chi connectivity index (χ1v) is 11.6. The van der Waals surface area contributed by atoms with Crippen molar-refractivity contribution in [2.75, 3.05) is 17.4 Å². The molecule has 5 rings (SSSR count). The third-order valence-corrected chi connectivity index (χ3v) is 6.80. The number of fused-ring (bicyclic) bond motifs is 1. The number of rotatable bonds is 5. The van der Waals surface area contributed by atoms with Gasteiger partial charge in [-0.25, -0.2) is 4.98 Å². The van der Waals surface area contributed by atoms with E-state index in [0.29, 0.717) is 15.9 Å². The molecule has 2 heterocycles. The first-order valence-electron chi connectivity index (χ1n) is 10.4. The van der Waals surface area contributed by atoms with Gasteiger partial charge in [0.15, 0.2) is 5.13 Å². The molecule has 0 aliphatic carbocycles. The number of benzene rings is 3. The number of carbonyl (C=O) groups excluding carboxylic acids is 1. The first-order chi connectivity index (χ1) is 16.0. The number of aromatic nitrogens is 1. The molecule has 3 aromatic carbocycles. The molecule has 1 N–H and O–H groups in total. The van der Waals surface area contributed by atoms with Crippen LogP contribution in [-0.2, 0) is 4.79 Å². The summed E-state index contributed by atoms with van der Waals surface area (Å²) in [5.41, 5.74) is 3.30. The molecule has 1 aliphatic heterocycles. The summed E-state index contributed by atoms with van der Waals surface area (Å²) in [5.74, 6) is 0.00797. The predicted molar refractivity (Wildman–Crippen MR) is 135 cm³/mol. The van der Waals surface area contributed by atoms with Gasteiger partial charge in [0.2, 0.25) is 5.91 Å². The van der Waals surface area contributed by atoms with Gasteiger partial charge in [0.05, 0.1) is 34.8 Å². The number of carbonyl (C=O) groups is 1. The van der Waals surface area contributed by atoms with Crippen LogP contribution < -0.4 is 15.1 Å². The molecule has 2 atom stereocenters. The highest BCUT2D eigenvalue weighted by Gasteiger charge is 2.43. The lowest BCUT2D eigenvalue weighted by molar-refractivity contribution is -0.118. The van der Waals surface area contributed by atoms with Crippen molar-refractivity contribution in [2.24, 2.45) is 11.0 Å². The molecule has 0 saturated heterocycles. The van der Waals surface area contributed by atoms with E-state index in [1.807, 2.05) is 78.7 Å². The normalized spacial score (nSPS) is 17.8. The maximum absolute atomic E-state index is 13.6. The zero-order valence-corrected chi connectivity index (χ0v) is 19.6. The van der Waals surface area contributed by atoms with Gasteiger partial charge in [-0.15, -0.1) is 0 Å². The minimum absolute atomic E-state index is 0.171. The molecule has 0 saturated carbocycles. The Hall–Kier alpha value is -3.42. The number of hydrogen-bond donors (Lipinski definition) is 1. The quantitative estimate of drug-likeness (QED) is 0.375. The van der Waals surface area contributed by atoms with Crippen LogP contribution >= 0.6 is 22.9 Å². The molecule has 1 amide bonds. The molecule has 33 heavy (non-hydrogen) atoms. The summed E-state index contributed by atoms with van der Waals surface area (Å²) >= 11 is 7.50. The van der Waals surface area contributed by atoms with Crippen LogP contribution in [0, 0.1) is 5.92 Å².